The van der Waals surface area contributed by atoms with Crippen LogP contribution in [0.25, 0.3) is 49.9 Å². The second kappa shape index (κ2) is 11.4. The van der Waals surface area contributed by atoms with E-state index in [1.54, 1.807) is 0 Å². The minimum atomic E-state index is 0.274. The standard InChI is InChI=1S/C42H33N3/c1-2-13-33(20-11-18-32-19-12-24-38(43-32)31-17-10-16-30(28-31)29-14-4-3-5-15-29)45-40-25-9-7-22-35(40)37-27-26-36-34-21-6-8-23-39(34)44-41(36)42(37)45/h2-17,19-28,34,39,44H,1,18H2/b20-11-,33-13+. The van der Waals surface area contributed by atoms with Gasteiger partial charge in [-0.1, -0.05) is 128 Å². The Morgan fingerprint density at radius 1 is 0.778 bits per heavy atom. The minimum absolute atomic E-state index is 0.274. The van der Waals surface area contributed by atoms with Crippen molar-refractivity contribution >= 4 is 33.2 Å². The first-order chi connectivity index (χ1) is 22.3. The van der Waals surface area contributed by atoms with E-state index in [1.165, 1.54) is 44.2 Å². The van der Waals surface area contributed by atoms with Gasteiger partial charge in [-0.05, 0) is 53.1 Å². The molecule has 0 bridgehead atoms. The van der Waals surface area contributed by atoms with Gasteiger partial charge in [-0.2, -0.15) is 0 Å². The molecule has 3 nitrogen and oxygen atoms in total. The van der Waals surface area contributed by atoms with Crippen LogP contribution in [0.4, 0.5) is 5.69 Å². The van der Waals surface area contributed by atoms with Crippen molar-refractivity contribution in [2.75, 3.05) is 5.32 Å². The molecule has 0 fully saturated rings. The van der Waals surface area contributed by atoms with Crippen molar-refractivity contribution in [2.45, 2.75) is 18.4 Å². The number of anilines is 1. The molecule has 2 atom stereocenters. The molecule has 2 unspecified atom stereocenters. The van der Waals surface area contributed by atoms with Gasteiger partial charge < -0.3 is 9.88 Å². The fraction of sp³-hybridized carbons (Fsp3) is 0.0714. The number of rotatable bonds is 7. The molecule has 3 heterocycles. The molecule has 2 aromatic heterocycles. The van der Waals surface area contributed by atoms with Gasteiger partial charge in [0.05, 0.1) is 28.5 Å². The summed E-state index contributed by atoms with van der Waals surface area (Å²) >= 11 is 0. The molecule has 1 aliphatic heterocycles. The van der Waals surface area contributed by atoms with E-state index in [0.29, 0.717) is 12.3 Å². The summed E-state index contributed by atoms with van der Waals surface area (Å²) < 4.78 is 2.39. The average molecular weight is 580 g/mol. The molecule has 0 spiro atoms. The second-order valence-corrected chi connectivity index (χ2v) is 11.6. The lowest BCUT2D eigenvalue weighted by molar-refractivity contribution is 0.805. The van der Waals surface area contributed by atoms with Gasteiger partial charge in [0.25, 0.3) is 0 Å². The van der Waals surface area contributed by atoms with Crippen LogP contribution in [0.1, 0.15) is 17.2 Å². The molecule has 4 aromatic carbocycles. The van der Waals surface area contributed by atoms with Crippen molar-refractivity contribution in [1.82, 2.24) is 9.55 Å². The highest BCUT2D eigenvalue weighted by atomic mass is 15.0. The Morgan fingerprint density at radius 2 is 1.58 bits per heavy atom. The highest BCUT2D eigenvalue weighted by Gasteiger charge is 2.32. The monoisotopic (exact) mass is 579 g/mol. The summed E-state index contributed by atoms with van der Waals surface area (Å²) in [6, 6.07) is 38.9. The first-order valence-electron chi connectivity index (χ1n) is 15.6. The summed E-state index contributed by atoms with van der Waals surface area (Å²) in [5, 5.41) is 6.34. The Kier molecular flexibility index (Phi) is 6.84. The van der Waals surface area contributed by atoms with Crippen molar-refractivity contribution in [2.24, 2.45) is 0 Å². The van der Waals surface area contributed by atoms with Crippen molar-refractivity contribution in [3.8, 4) is 22.4 Å². The van der Waals surface area contributed by atoms with Crippen LogP contribution in [0.3, 0.4) is 0 Å². The van der Waals surface area contributed by atoms with Gasteiger partial charge in [0, 0.05) is 40.1 Å². The van der Waals surface area contributed by atoms with Crippen LogP contribution in [-0.2, 0) is 6.42 Å². The quantitative estimate of drug-likeness (QED) is 0.191. The van der Waals surface area contributed by atoms with E-state index in [1.807, 2.05) is 12.1 Å². The normalized spacial score (nSPS) is 17.1. The summed E-state index contributed by atoms with van der Waals surface area (Å²) in [5.41, 5.74) is 11.5. The smallest absolute Gasteiger partial charge is 0.0776 e. The maximum Gasteiger partial charge on any atom is 0.0776 e. The molecular weight excluding hydrogens is 546 g/mol. The Bertz CT molecular complexity index is 2190. The number of aromatic nitrogens is 2. The van der Waals surface area contributed by atoms with Crippen LogP contribution < -0.4 is 5.32 Å². The summed E-state index contributed by atoms with van der Waals surface area (Å²) in [6.45, 7) is 4.07. The van der Waals surface area contributed by atoms with Crippen molar-refractivity contribution in [1.29, 1.82) is 0 Å². The summed E-state index contributed by atoms with van der Waals surface area (Å²) in [6.07, 6.45) is 18.0. The molecule has 45 heavy (non-hydrogen) atoms. The first kappa shape index (κ1) is 26.9. The van der Waals surface area contributed by atoms with E-state index in [4.69, 9.17) is 4.98 Å². The molecule has 216 valence electrons. The number of allylic oxidation sites excluding steroid dienone is 7. The Balaban J connectivity index is 1.15. The fourth-order valence-corrected chi connectivity index (χ4v) is 6.85. The topological polar surface area (TPSA) is 29.9 Å². The van der Waals surface area contributed by atoms with Crippen molar-refractivity contribution in [3.05, 3.63) is 176 Å². The Labute approximate surface area is 263 Å². The number of pyridine rings is 1. The highest BCUT2D eigenvalue weighted by molar-refractivity contribution is 6.15. The molecule has 3 heteroatoms. The van der Waals surface area contributed by atoms with Gasteiger partial charge in [0.2, 0.25) is 0 Å². The third kappa shape index (κ3) is 4.83. The zero-order valence-electron chi connectivity index (χ0n) is 25.0. The zero-order valence-corrected chi connectivity index (χ0v) is 25.0. The lowest BCUT2D eigenvalue weighted by Crippen LogP contribution is -2.17. The van der Waals surface area contributed by atoms with Gasteiger partial charge in [-0.25, -0.2) is 0 Å². The van der Waals surface area contributed by atoms with E-state index in [2.05, 4.69) is 162 Å². The molecule has 1 N–H and O–H groups in total. The summed E-state index contributed by atoms with van der Waals surface area (Å²) in [4.78, 5) is 5.05. The molecule has 1 aliphatic carbocycles. The Hall–Kier alpha value is -5.67. The minimum Gasteiger partial charge on any atom is -0.376 e. The third-order valence-corrected chi connectivity index (χ3v) is 8.91. The Morgan fingerprint density at radius 3 is 2.49 bits per heavy atom. The van der Waals surface area contributed by atoms with Gasteiger partial charge in [-0.15, -0.1) is 0 Å². The van der Waals surface area contributed by atoms with E-state index < -0.39 is 0 Å². The highest BCUT2D eigenvalue weighted by Crippen LogP contribution is 2.46. The third-order valence-electron chi connectivity index (χ3n) is 8.91. The van der Waals surface area contributed by atoms with Crippen LogP contribution in [-0.4, -0.2) is 15.6 Å². The molecule has 0 saturated heterocycles. The summed E-state index contributed by atoms with van der Waals surface area (Å²) in [7, 11) is 0. The van der Waals surface area contributed by atoms with Gasteiger partial charge in [-0.3, -0.25) is 4.98 Å². The molecule has 6 aromatic rings. The van der Waals surface area contributed by atoms with Gasteiger partial charge in [0.1, 0.15) is 0 Å². The molecular formula is C42H33N3. The molecule has 8 rings (SSSR count). The number of hydrogen-bond donors (Lipinski definition) is 1. The van der Waals surface area contributed by atoms with Crippen LogP contribution in [0.2, 0.25) is 0 Å². The molecule has 0 amide bonds. The number of nitrogens with one attached hydrogen (secondary N) is 1. The number of fused-ring (bicyclic) bond motifs is 7. The van der Waals surface area contributed by atoms with E-state index in [-0.39, 0.29) is 6.04 Å². The second-order valence-electron chi connectivity index (χ2n) is 11.6. The predicted octanol–water partition coefficient (Wildman–Crippen LogP) is 10.4. The maximum atomic E-state index is 5.05. The lowest BCUT2D eigenvalue weighted by Gasteiger charge is -2.15. The van der Waals surface area contributed by atoms with Crippen molar-refractivity contribution < 1.29 is 0 Å². The number of hydrogen-bond acceptors (Lipinski definition) is 2. The van der Waals surface area contributed by atoms with Gasteiger partial charge in [0.15, 0.2) is 0 Å². The average Bonchev–Trinajstić information content (AvgIpc) is 3.65. The largest absolute Gasteiger partial charge is 0.376 e. The van der Waals surface area contributed by atoms with Crippen LogP contribution >= 0.6 is 0 Å². The van der Waals surface area contributed by atoms with E-state index in [0.717, 1.165) is 22.6 Å². The number of nitrogens with zero attached hydrogens (tertiary/aromatic N) is 2. The predicted molar refractivity (Wildman–Crippen MR) is 190 cm³/mol. The van der Waals surface area contributed by atoms with Crippen LogP contribution in [0.15, 0.2) is 164 Å². The van der Waals surface area contributed by atoms with Crippen molar-refractivity contribution in [3.63, 3.8) is 0 Å². The van der Waals surface area contributed by atoms with Crippen LogP contribution in [0, 0.1) is 0 Å². The SMILES string of the molecule is C=C/C=C(\C=C/Cc1cccc(-c2cccc(-c3ccccc3)c2)n1)n1c2ccccc2c2ccc3c(c21)NC1C=CC=CC31. The lowest BCUT2D eigenvalue weighted by atomic mass is 9.91. The number of para-hydroxylation sites is 1. The fourth-order valence-electron chi connectivity index (χ4n) is 6.85. The zero-order chi connectivity index (χ0) is 30.2. The van der Waals surface area contributed by atoms with E-state index >= 15 is 0 Å². The molecule has 0 radical (unpaired) electrons. The first-order valence-corrected chi connectivity index (χ1v) is 15.6. The van der Waals surface area contributed by atoms with Crippen LogP contribution in [0.5, 0.6) is 0 Å². The molecule has 0 saturated carbocycles. The summed E-state index contributed by atoms with van der Waals surface area (Å²) in [5.74, 6) is 0.343. The molecule has 2 aliphatic rings. The van der Waals surface area contributed by atoms with E-state index in [9.17, 15) is 0 Å². The maximum absolute atomic E-state index is 5.05. The number of benzene rings is 4. The van der Waals surface area contributed by atoms with Gasteiger partial charge >= 0.3 is 0 Å².